The Hall–Kier alpha value is -1.14. The van der Waals surface area contributed by atoms with Gasteiger partial charge in [-0.1, -0.05) is 52.4 Å². The first kappa shape index (κ1) is 26.9. The Morgan fingerprint density at radius 1 is 0.607 bits per heavy atom. The minimum Gasteiger partial charge on any atom is -0.462 e. The first-order chi connectivity index (χ1) is 13.1. The van der Waals surface area contributed by atoms with E-state index in [1.165, 1.54) is 25.7 Å². The summed E-state index contributed by atoms with van der Waals surface area (Å²) in [7, 11) is 8.13. The Bertz CT molecular complexity index is 396. The predicted octanol–water partition coefficient (Wildman–Crippen LogP) is 3.39. The van der Waals surface area contributed by atoms with Crippen molar-refractivity contribution in [2.24, 2.45) is 0 Å². The first-order valence-corrected chi connectivity index (χ1v) is 11.1. The topological polar surface area (TPSA) is 52.6 Å². The average molecular weight is 403 g/mol. The average Bonchev–Trinajstić information content (AvgIpc) is 2.59. The lowest BCUT2D eigenvalue weighted by Gasteiger charge is -2.34. The van der Waals surface area contributed by atoms with Crippen molar-refractivity contribution >= 4 is 11.9 Å². The van der Waals surface area contributed by atoms with Crippen molar-refractivity contribution in [2.75, 3.05) is 67.6 Å². The fraction of sp³-hybridized carbons (Fsp3) is 0.909. The molecule has 0 aliphatic heterocycles. The fourth-order valence-corrected chi connectivity index (χ4v) is 2.92. The predicted molar refractivity (Wildman–Crippen MR) is 114 cm³/mol. The lowest BCUT2D eigenvalue weighted by Crippen LogP contribution is -2.54. The molecule has 0 aliphatic carbocycles. The molecule has 0 heterocycles. The summed E-state index contributed by atoms with van der Waals surface area (Å²) in [6.07, 6.45) is 8.84. The van der Waals surface area contributed by atoms with Crippen molar-refractivity contribution in [2.45, 2.75) is 65.2 Å². The zero-order valence-electron chi connectivity index (χ0n) is 19.4. The third-order valence-electron chi connectivity index (χ3n) is 4.95. The van der Waals surface area contributed by atoms with Crippen LogP contribution in [0.2, 0.25) is 0 Å². The summed E-state index contributed by atoms with van der Waals surface area (Å²) in [6.45, 7) is 7.67. The number of quaternary nitrogens is 2. The fourth-order valence-electron chi connectivity index (χ4n) is 2.92. The lowest BCUT2D eigenvalue weighted by molar-refractivity contribution is -0.939. The van der Waals surface area contributed by atoms with Crippen molar-refractivity contribution < 1.29 is 28.0 Å². The highest BCUT2D eigenvalue weighted by Crippen LogP contribution is 2.06. The molecule has 0 amide bonds. The van der Waals surface area contributed by atoms with Gasteiger partial charge in [-0.3, -0.25) is 0 Å². The number of nitrogens with zero attached hydrogens (tertiary/aromatic N) is 2. The molecule has 0 aromatic carbocycles. The second-order valence-electron chi connectivity index (χ2n) is 9.20. The van der Waals surface area contributed by atoms with Crippen LogP contribution in [0.4, 0.5) is 0 Å². The second kappa shape index (κ2) is 14.8. The minimum absolute atomic E-state index is 0.140. The van der Waals surface area contributed by atoms with E-state index >= 15 is 0 Å². The Kier molecular flexibility index (Phi) is 14.2. The summed E-state index contributed by atoms with van der Waals surface area (Å²) in [5, 5.41) is 0. The van der Waals surface area contributed by atoms with Crippen LogP contribution in [-0.4, -0.2) is 88.5 Å². The highest BCUT2D eigenvalue weighted by molar-refractivity contribution is 5.70. The Balaban J connectivity index is 4.10. The van der Waals surface area contributed by atoms with Crippen LogP contribution < -0.4 is 0 Å². The number of rotatable bonds is 17. The lowest BCUT2D eigenvalue weighted by atomic mass is 10.2. The molecule has 0 spiro atoms. The number of likely N-dealkylation sites (N-methyl/N-ethyl adjacent to an activating group) is 2. The normalized spacial score (nSPS) is 12.1. The molecule has 6 nitrogen and oxygen atoms in total. The van der Waals surface area contributed by atoms with Crippen molar-refractivity contribution in [1.29, 1.82) is 0 Å². The molecule has 0 bridgehead atoms. The van der Waals surface area contributed by atoms with Crippen LogP contribution >= 0.6 is 0 Å². The van der Waals surface area contributed by atoms with Gasteiger partial charge in [-0.05, 0) is 12.8 Å². The van der Waals surface area contributed by atoms with E-state index in [2.05, 4.69) is 13.8 Å². The summed E-state index contributed by atoms with van der Waals surface area (Å²) in [5.41, 5.74) is 0. The van der Waals surface area contributed by atoms with Gasteiger partial charge >= 0.3 is 11.9 Å². The molecule has 0 N–H and O–H groups in total. The molecule has 0 saturated carbocycles. The third kappa shape index (κ3) is 15.9. The minimum atomic E-state index is -0.140. The van der Waals surface area contributed by atoms with Crippen LogP contribution in [0.5, 0.6) is 0 Å². The highest BCUT2D eigenvalue weighted by Gasteiger charge is 2.28. The van der Waals surface area contributed by atoms with E-state index in [0.717, 1.165) is 38.8 Å². The molecule has 28 heavy (non-hydrogen) atoms. The van der Waals surface area contributed by atoms with Gasteiger partial charge in [-0.2, -0.15) is 0 Å². The Morgan fingerprint density at radius 3 is 1.29 bits per heavy atom. The summed E-state index contributed by atoms with van der Waals surface area (Å²) in [5.74, 6) is -0.281. The smallest absolute Gasteiger partial charge is 0.361 e. The van der Waals surface area contributed by atoms with Gasteiger partial charge in [0.15, 0.2) is 13.1 Å². The molecule has 0 radical (unpaired) electrons. The molecule has 0 saturated heterocycles. The van der Waals surface area contributed by atoms with E-state index in [4.69, 9.17) is 9.47 Å². The standard InChI is InChI=1S/C22H46N2O4/c1-7-9-11-13-17-27-21(25)19-23(3,4)15-16-24(5,6)20-22(26)28-18-14-12-10-8-2/h7-20H2,1-6H3/q+2. The molecule has 0 fully saturated rings. The molecule has 0 unspecified atom stereocenters. The van der Waals surface area contributed by atoms with E-state index in [-0.39, 0.29) is 11.9 Å². The molecule has 0 aromatic heterocycles. The SMILES string of the molecule is CCCCCCOC(=O)C[N+](C)(C)CC[N+](C)(C)CC(=O)OCCCCCC. The Labute approximate surface area is 173 Å². The van der Waals surface area contributed by atoms with Crippen LogP contribution in [0.25, 0.3) is 0 Å². The van der Waals surface area contributed by atoms with E-state index in [0.29, 0.717) is 35.3 Å². The maximum absolute atomic E-state index is 12.1. The van der Waals surface area contributed by atoms with Crippen LogP contribution in [-0.2, 0) is 19.1 Å². The van der Waals surface area contributed by atoms with Crippen LogP contribution in [0.15, 0.2) is 0 Å². The quantitative estimate of drug-likeness (QED) is 0.213. The molecule has 166 valence electrons. The molecule has 0 rings (SSSR count). The van der Waals surface area contributed by atoms with Crippen molar-refractivity contribution in [3.8, 4) is 0 Å². The zero-order chi connectivity index (χ0) is 21.5. The van der Waals surface area contributed by atoms with Gasteiger partial charge in [0.1, 0.15) is 13.1 Å². The van der Waals surface area contributed by atoms with E-state index < -0.39 is 0 Å². The second-order valence-corrected chi connectivity index (χ2v) is 9.20. The molecule has 0 atom stereocenters. The maximum Gasteiger partial charge on any atom is 0.361 e. The van der Waals surface area contributed by atoms with Gasteiger partial charge in [0.25, 0.3) is 0 Å². The van der Waals surface area contributed by atoms with Crippen molar-refractivity contribution in [3.05, 3.63) is 0 Å². The van der Waals surface area contributed by atoms with E-state index in [9.17, 15) is 9.59 Å². The van der Waals surface area contributed by atoms with E-state index in [1.54, 1.807) is 0 Å². The highest BCUT2D eigenvalue weighted by atomic mass is 16.5. The van der Waals surface area contributed by atoms with Gasteiger partial charge in [0, 0.05) is 0 Å². The van der Waals surface area contributed by atoms with Crippen LogP contribution in [0, 0.1) is 0 Å². The van der Waals surface area contributed by atoms with Gasteiger partial charge in [0.05, 0.1) is 41.4 Å². The maximum atomic E-state index is 12.1. The van der Waals surface area contributed by atoms with Gasteiger partial charge < -0.3 is 18.4 Å². The van der Waals surface area contributed by atoms with Gasteiger partial charge in [-0.15, -0.1) is 0 Å². The third-order valence-corrected chi connectivity index (χ3v) is 4.95. The number of hydrogen-bond donors (Lipinski definition) is 0. The number of unbranched alkanes of at least 4 members (excludes halogenated alkanes) is 6. The number of hydrogen-bond acceptors (Lipinski definition) is 4. The summed E-state index contributed by atoms with van der Waals surface area (Å²) in [6, 6.07) is 0. The molecular weight excluding hydrogens is 356 g/mol. The molecule has 6 heteroatoms. The zero-order valence-corrected chi connectivity index (χ0v) is 19.4. The number of carbonyl (C=O) groups is 2. The molecule has 0 aromatic rings. The number of ether oxygens (including phenoxy) is 2. The largest absolute Gasteiger partial charge is 0.462 e. The van der Waals surface area contributed by atoms with Crippen molar-refractivity contribution in [1.82, 2.24) is 0 Å². The molecular formula is C22H46N2O4+2. The van der Waals surface area contributed by atoms with Gasteiger partial charge in [0.2, 0.25) is 0 Å². The molecule has 0 aliphatic rings. The monoisotopic (exact) mass is 402 g/mol. The summed E-state index contributed by atoms with van der Waals surface area (Å²) >= 11 is 0. The number of esters is 2. The summed E-state index contributed by atoms with van der Waals surface area (Å²) in [4.78, 5) is 24.1. The first-order valence-electron chi connectivity index (χ1n) is 11.1. The van der Waals surface area contributed by atoms with Crippen LogP contribution in [0.1, 0.15) is 65.2 Å². The Morgan fingerprint density at radius 2 is 0.964 bits per heavy atom. The number of carbonyl (C=O) groups excluding carboxylic acids is 2. The van der Waals surface area contributed by atoms with Crippen LogP contribution in [0.3, 0.4) is 0 Å². The summed E-state index contributed by atoms with van der Waals surface area (Å²) < 4.78 is 11.8. The van der Waals surface area contributed by atoms with E-state index in [1.807, 2.05) is 28.2 Å². The van der Waals surface area contributed by atoms with Crippen molar-refractivity contribution in [3.63, 3.8) is 0 Å². The van der Waals surface area contributed by atoms with Gasteiger partial charge in [-0.25, -0.2) is 9.59 Å².